The number of piperazine rings is 1. The van der Waals surface area contributed by atoms with E-state index in [1.165, 1.54) is 0 Å². The van der Waals surface area contributed by atoms with Crippen molar-refractivity contribution >= 4 is 11.6 Å². The molecule has 0 radical (unpaired) electrons. The first-order valence-electron chi connectivity index (χ1n) is 6.57. The number of rotatable bonds is 4. The standard InChI is InChI=1S/C14H21N3O2/c1-11-9-17(8-7-15-11)10-14(18)16-12-3-5-13(19-2)6-4-12/h3-6,11,15H,7-10H2,1-2H3,(H,16,18)/t11-/m1/s1. The van der Waals surface area contributed by atoms with Crippen molar-refractivity contribution in [1.82, 2.24) is 10.2 Å². The van der Waals surface area contributed by atoms with Crippen LogP contribution in [0.4, 0.5) is 5.69 Å². The maximum absolute atomic E-state index is 11.9. The monoisotopic (exact) mass is 263 g/mol. The smallest absolute Gasteiger partial charge is 0.238 e. The third-order valence-corrected chi connectivity index (χ3v) is 3.19. The largest absolute Gasteiger partial charge is 0.497 e. The van der Waals surface area contributed by atoms with Crippen molar-refractivity contribution in [3.8, 4) is 5.75 Å². The van der Waals surface area contributed by atoms with Gasteiger partial charge in [-0.1, -0.05) is 0 Å². The highest BCUT2D eigenvalue weighted by Crippen LogP contribution is 2.14. The number of benzene rings is 1. The van der Waals surface area contributed by atoms with Crippen molar-refractivity contribution in [2.24, 2.45) is 0 Å². The molecule has 1 aromatic carbocycles. The van der Waals surface area contributed by atoms with Crippen LogP contribution in [0.1, 0.15) is 6.92 Å². The van der Waals surface area contributed by atoms with Crippen molar-refractivity contribution < 1.29 is 9.53 Å². The second-order valence-electron chi connectivity index (χ2n) is 4.87. The summed E-state index contributed by atoms with van der Waals surface area (Å²) in [6.45, 7) is 5.35. The molecule has 1 fully saturated rings. The minimum absolute atomic E-state index is 0.0271. The number of amides is 1. The fraction of sp³-hybridized carbons (Fsp3) is 0.500. The number of carbonyl (C=O) groups excluding carboxylic acids is 1. The van der Waals surface area contributed by atoms with E-state index in [0.717, 1.165) is 31.1 Å². The first-order chi connectivity index (χ1) is 9.17. The molecule has 0 aromatic heterocycles. The molecule has 1 saturated heterocycles. The number of hydrogen-bond acceptors (Lipinski definition) is 4. The first kappa shape index (κ1) is 13.8. The van der Waals surface area contributed by atoms with E-state index in [2.05, 4.69) is 22.5 Å². The molecule has 0 bridgehead atoms. The van der Waals surface area contributed by atoms with Gasteiger partial charge in [0.05, 0.1) is 13.7 Å². The number of nitrogens with one attached hydrogen (secondary N) is 2. The molecule has 5 heteroatoms. The van der Waals surface area contributed by atoms with Crippen molar-refractivity contribution in [2.75, 3.05) is 38.6 Å². The van der Waals surface area contributed by atoms with E-state index in [0.29, 0.717) is 12.6 Å². The molecule has 0 unspecified atom stereocenters. The Morgan fingerprint density at radius 3 is 2.84 bits per heavy atom. The number of anilines is 1. The lowest BCUT2D eigenvalue weighted by atomic mass is 10.2. The van der Waals surface area contributed by atoms with Crippen LogP contribution in [0.3, 0.4) is 0 Å². The summed E-state index contributed by atoms with van der Waals surface area (Å²) in [7, 11) is 1.62. The lowest BCUT2D eigenvalue weighted by Crippen LogP contribution is -2.51. The molecule has 19 heavy (non-hydrogen) atoms. The van der Waals surface area contributed by atoms with Gasteiger partial charge in [0.2, 0.25) is 5.91 Å². The van der Waals surface area contributed by atoms with Gasteiger partial charge in [0.15, 0.2) is 0 Å². The Bertz CT molecular complexity index is 419. The van der Waals surface area contributed by atoms with Crippen molar-refractivity contribution in [2.45, 2.75) is 13.0 Å². The Morgan fingerprint density at radius 2 is 2.21 bits per heavy atom. The van der Waals surface area contributed by atoms with Gasteiger partial charge in [-0.05, 0) is 31.2 Å². The van der Waals surface area contributed by atoms with Gasteiger partial charge in [0.25, 0.3) is 0 Å². The molecule has 1 aliphatic heterocycles. The second-order valence-corrected chi connectivity index (χ2v) is 4.87. The van der Waals surface area contributed by atoms with Crippen LogP contribution >= 0.6 is 0 Å². The van der Waals surface area contributed by atoms with Crippen LogP contribution < -0.4 is 15.4 Å². The minimum atomic E-state index is 0.0271. The predicted molar refractivity (Wildman–Crippen MR) is 75.5 cm³/mol. The molecule has 0 spiro atoms. The average Bonchev–Trinajstić information content (AvgIpc) is 2.39. The van der Waals surface area contributed by atoms with Gasteiger partial charge in [-0.25, -0.2) is 0 Å². The molecule has 2 rings (SSSR count). The summed E-state index contributed by atoms with van der Waals surface area (Å²) < 4.78 is 5.08. The topological polar surface area (TPSA) is 53.6 Å². The molecule has 1 aliphatic rings. The summed E-state index contributed by atoms with van der Waals surface area (Å²) in [4.78, 5) is 14.1. The zero-order valence-corrected chi connectivity index (χ0v) is 11.5. The molecule has 1 heterocycles. The van der Waals surface area contributed by atoms with E-state index in [1.54, 1.807) is 7.11 Å². The van der Waals surface area contributed by atoms with E-state index in [1.807, 2.05) is 24.3 Å². The summed E-state index contributed by atoms with van der Waals surface area (Å²) in [5.74, 6) is 0.813. The van der Waals surface area contributed by atoms with Crippen LogP contribution in [0.5, 0.6) is 5.75 Å². The number of methoxy groups -OCH3 is 1. The fourth-order valence-corrected chi connectivity index (χ4v) is 2.23. The number of hydrogen-bond donors (Lipinski definition) is 2. The zero-order valence-electron chi connectivity index (χ0n) is 11.5. The summed E-state index contributed by atoms with van der Waals surface area (Å²) in [6, 6.07) is 7.81. The molecule has 104 valence electrons. The quantitative estimate of drug-likeness (QED) is 0.848. The summed E-state index contributed by atoms with van der Waals surface area (Å²) in [5.41, 5.74) is 0.800. The SMILES string of the molecule is COc1ccc(NC(=O)CN2CCN[C@H](C)C2)cc1. The summed E-state index contributed by atoms with van der Waals surface area (Å²) in [6.07, 6.45) is 0. The third kappa shape index (κ3) is 4.22. The highest BCUT2D eigenvalue weighted by atomic mass is 16.5. The van der Waals surface area contributed by atoms with Gasteiger partial charge in [-0.15, -0.1) is 0 Å². The Kier molecular flexibility index (Phi) is 4.76. The molecular weight excluding hydrogens is 242 g/mol. The highest BCUT2D eigenvalue weighted by molar-refractivity contribution is 5.92. The number of nitrogens with zero attached hydrogens (tertiary/aromatic N) is 1. The normalized spacial score (nSPS) is 20.0. The lowest BCUT2D eigenvalue weighted by molar-refractivity contribution is -0.117. The minimum Gasteiger partial charge on any atom is -0.497 e. The van der Waals surface area contributed by atoms with Crippen LogP contribution in [0.25, 0.3) is 0 Å². The van der Waals surface area contributed by atoms with Gasteiger partial charge in [0.1, 0.15) is 5.75 Å². The van der Waals surface area contributed by atoms with Crippen molar-refractivity contribution in [1.29, 1.82) is 0 Å². The Balaban J connectivity index is 1.83. The van der Waals surface area contributed by atoms with Crippen LogP contribution in [0.15, 0.2) is 24.3 Å². The predicted octanol–water partition coefficient (Wildman–Crippen LogP) is 0.927. The Hall–Kier alpha value is -1.59. The van der Waals surface area contributed by atoms with Gasteiger partial charge >= 0.3 is 0 Å². The molecule has 0 saturated carbocycles. The van der Waals surface area contributed by atoms with Gasteiger partial charge in [-0.2, -0.15) is 0 Å². The fourth-order valence-electron chi connectivity index (χ4n) is 2.23. The van der Waals surface area contributed by atoms with E-state index in [-0.39, 0.29) is 5.91 Å². The number of ether oxygens (including phenoxy) is 1. The van der Waals surface area contributed by atoms with Gasteiger partial charge in [0, 0.05) is 31.4 Å². The maximum Gasteiger partial charge on any atom is 0.238 e. The van der Waals surface area contributed by atoms with Crippen LogP contribution in [0.2, 0.25) is 0 Å². The van der Waals surface area contributed by atoms with Gasteiger partial charge < -0.3 is 15.4 Å². The van der Waals surface area contributed by atoms with E-state index in [9.17, 15) is 4.79 Å². The first-order valence-corrected chi connectivity index (χ1v) is 6.57. The van der Waals surface area contributed by atoms with Crippen molar-refractivity contribution in [3.05, 3.63) is 24.3 Å². The van der Waals surface area contributed by atoms with Crippen LogP contribution in [-0.4, -0.2) is 50.1 Å². The van der Waals surface area contributed by atoms with Crippen LogP contribution in [0, 0.1) is 0 Å². The van der Waals surface area contributed by atoms with E-state index in [4.69, 9.17) is 4.74 Å². The number of carbonyl (C=O) groups is 1. The summed E-state index contributed by atoms with van der Waals surface area (Å²) >= 11 is 0. The maximum atomic E-state index is 11.9. The molecule has 2 N–H and O–H groups in total. The summed E-state index contributed by atoms with van der Waals surface area (Å²) in [5, 5.41) is 6.26. The molecule has 1 atom stereocenters. The highest BCUT2D eigenvalue weighted by Gasteiger charge is 2.17. The van der Waals surface area contributed by atoms with E-state index >= 15 is 0 Å². The van der Waals surface area contributed by atoms with Crippen LogP contribution in [-0.2, 0) is 4.79 Å². The molecule has 5 nitrogen and oxygen atoms in total. The zero-order chi connectivity index (χ0) is 13.7. The Morgan fingerprint density at radius 1 is 1.47 bits per heavy atom. The molecular formula is C14H21N3O2. The van der Waals surface area contributed by atoms with Crippen molar-refractivity contribution in [3.63, 3.8) is 0 Å². The van der Waals surface area contributed by atoms with E-state index < -0.39 is 0 Å². The Labute approximate surface area is 113 Å². The molecule has 1 amide bonds. The third-order valence-electron chi connectivity index (χ3n) is 3.19. The van der Waals surface area contributed by atoms with Gasteiger partial charge in [-0.3, -0.25) is 9.69 Å². The lowest BCUT2D eigenvalue weighted by Gasteiger charge is -2.31. The molecule has 0 aliphatic carbocycles. The molecule has 1 aromatic rings. The second kappa shape index (κ2) is 6.54. The average molecular weight is 263 g/mol.